The predicted octanol–water partition coefficient (Wildman–Crippen LogP) is 4.51. The summed E-state index contributed by atoms with van der Waals surface area (Å²) in [7, 11) is -3.33. The number of sulfone groups is 1. The van der Waals surface area contributed by atoms with Gasteiger partial charge in [0.15, 0.2) is 9.84 Å². The van der Waals surface area contributed by atoms with Crippen molar-refractivity contribution in [1.82, 2.24) is 4.90 Å². The predicted molar refractivity (Wildman–Crippen MR) is 143 cm³/mol. The molecule has 1 aliphatic carbocycles. The SMILES string of the molecule is NC(=O)C(c1ccc(C(=O)N2CCCC(c3ccccc3)C2)cc1)c1ccc(S(=O)(=O)CC2CC2)cc1. The Morgan fingerprint density at radius 1 is 0.865 bits per heavy atom. The average Bonchev–Trinajstić information content (AvgIpc) is 3.73. The number of benzene rings is 3. The maximum absolute atomic E-state index is 13.3. The van der Waals surface area contributed by atoms with Crippen LogP contribution in [0, 0.1) is 5.92 Å². The van der Waals surface area contributed by atoms with E-state index in [2.05, 4.69) is 12.1 Å². The van der Waals surface area contributed by atoms with Gasteiger partial charge in [-0.15, -0.1) is 0 Å². The number of rotatable bonds is 8. The highest BCUT2D eigenvalue weighted by Gasteiger charge is 2.30. The van der Waals surface area contributed by atoms with Crippen molar-refractivity contribution in [3.63, 3.8) is 0 Å². The first-order chi connectivity index (χ1) is 17.8. The molecule has 7 heteroatoms. The van der Waals surface area contributed by atoms with Gasteiger partial charge >= 0.3 is 0 Å². The van der Waals surface area contributed by atoms with E-state index in [-0.39, 0.29) is 22.5 Å². The molecular formula is C30H32N2O4S. The van der Waals surface area contributed by atoms with Crippen molar-refractivity contribution < 1.29 is 18.0 Å². The number of carbonyl (C=O) groups is 2. The number of hydrogen-bond donors (Lipinski definition) is 1. The molecule has 2 aliphatic rings. The Hall–Kier alpha value is -3.45. The summed E-state index contributed by atoms with van der Waals surface area (Å²) in [6.07, 6.45) is 3.95. The lowest BCUT2D eigenvalue weighted by Crippen LogP contribution is -2.39. The largest absolute Gasteiger partial charge is 0.369 e. The van der Waals surface area contributed by atoms with Crippen LogP contribution in [0.3, 0.4) is 0 Å². The number of amides is 2. The minimum absolute atomic E-state index is 0.0203. The maximum Gasteiger partial charge on any atom is 0.253 e. The molecule has 0 bridgehead atoms. The lowest BCUT2D eigenvalue weighted by molar-refractivity contribution is -0.118. The van der Waals surface area contributed by atoms with Gasteiger partial charge in [0.05, 0.1) is 16.6 Å². The van der Waals surface area contributed by atoms with Crippen LogP contribution in [0.5, 0.6) is 0 Å². The highest BCUT2D eigenvalue weighted by molar-refractivity contribution is 7.91. The molecule has 2 fully saturated rings. The zero-order valence-electron chi connectivity index (χ0n) is 20.8. The molecular weight excluding hydrogens is 484 g/mol. The molecule has 1 saturated carbocycles. The van der Waals surface area contributed by atoms with Crippen LogP contribution in [0.15, 0.2) is 83.8 Å². The lowest BCUT2D eigenvalue weighted by Gasteiger charge is -2.33. The van der Waals surface area contributed by atoms with Crippen LogP contribution in [-0.4, -0.2) is 44.0 Å². The number of carbonyl (C=O) groups excluding carboxylic acids is 2. The van der Waals surface area contributed by atoms with Crippen molar-refractivity contribution >= 4 is 21.7 Å². The van der Waals surface area contributed by atoms with Crippen molar-refractivity contribution in [3.05, 3.63) is 101 Å². The minimum atomic E-state index is -3.33. The summed E-state index contributed by atoms with van der Waals surface area (Å²) in [5.41, 5.74) is 8.87. The molecule has 37 heavy (non-hydrogen) atoms. The number of likely N-dealkylation sites (tertiary alicyclic amines) is 1. The normalized spacial score (nSPS) is 18.8. The molecule has 1 heterocycles. The molecule has 0 radical (unpaired) electrons. The van der Waals surface area contributed by atoms with Crippen LogP contribution < -0.4 is 5.73 Å². The highest BCUT2D eigenvalue weighted by atomic mass is 32.2. The molecule has 1 saturated heterocycles. The average molecular weight is 517 g/mol. The van der Waals surface area contributed by atoms with E-state index in [4.69, 9.17) is 5.73 Å². The maximum atomic E-state index is 13.3. The van der Waals surface area contributed by atoms with Crippen molar-refractivity contribution in [1.29, 1.82) is 0 Å². The van der Waals surface area contributed by atoms with Gasteiger partial charge in [-0.2, -0.15) is 0 Å². The van der Waals surface area contributed by atoms with Gasteiger partial charge in [-0.1, -0.05) is 54.6 Å². The minimum Gasteiger partial charge on any atom is -0.369 e. The topological polar surface area (TPSA) is 97.5 Å². The highest BCUT2D eigenvalue weighted by Crippen LogP contribution is 2.33. The summed E-state index contributed by atoms with van der Waals surface area (Å²) in [5, 5.41) is 0. The van der Waals surface area contributed by atoms with Gasteiger partial charge in [0, 0.05) is 24.6 Å². The van der Waals surface area contributed by atoms with Gasteiger partial charge in [-0.25, -0.2) is 8.42 Å². The second-order valence-electron chi connectivity index (χ2n) is 10.3. The summed E-state index contributed by atoms with van der Waals surface area (Å²) in [4.78, 5) is 27.8. The van der Waals surface area contributed by atoms with Crippen LogP contribution in [-0.2, 0) is 14.6 Å². The molecule has 1 aliphatic heterocycles. The van der Waals surface area contributed by atoms with Gasteiger partial charge in [0.2, 0.25) is 5.91 Å². The Bertz CT molecular complexity index is 1370. The van der Waals surface area contributed by atoms with E-state index >= 15 is 0 Å². The lowest BCUT2D eigenvalue weighted by atomic mass is 9.89. The quantitative estimate of drug-likeness (QED) is 0.476. The molecule has 0 spiro atoms. The van der Waals surface area contributed by atoms with Crippen LogP contribution in [0.4, 0.5) is 0 Å². The Morgan fingerprint density at radius 2 is 1.49 bits per heavy atom. The molecule has 2 amide bonds. The summed E-state index contributed by atoms with van der Waals surface area (Å²) >= 11 is 0. The van der Waals surface area contributed by atoms with E-state index in [1.54, 1.807) is 48.5 Å². The molecule has 2 unspecified atom stereocenters. The fourth-order valence-electron chi connectivity index (χ4n) is 5.24. The van der Waals surface area contributed by atoms with Crippen LogP contribution in [0.2, 0.25) is 0 Å². The second kappa shape index (κ2) is 10.5. The van der Waals surface area contributed by atoms with E-state index in [1.165, 1.54) is 5.56 Å². The number of piperidine rings is 1. The molecule has 192 valence electrons. The summed E-state index contributed by atoms with van der Waals surface area (Å²) in [6.45, 7) is 1.41. The molecule has 6 nitrogen and oxygen atoms in total. The van der Waals surface area contributed by atoms with Crippen molar-refractivity contribution in [2.45, 2.75) is 42.4 Å². The van der Waals surface area contributed by atoms with E-state index in [9.17, 15) is 18.0 Å². The van der Waals surface area contributed by atoms with Crippen molar-refractivity contribution in [2.75, 3.05) is 18.8 Å². The summed E-state index contributed by atoms with van der Waals surface area (Å²) in [5.74, 6) is -0.527. The molecule has 2 atom stereocenters. The third-order valence-corrected chi connectivity index (χ3v) is 9.38. The van der Waals surface area contributed by atoms with E-state index < -0.39 is 21.7 Å². The fraction of sp³-hybridized carbons (Fsp3) is 0.333. The third kappa shape index (κ3) is 5.77. The molecule has 2 N–H and O–H groups in total. The Morgan fingerprint density at radius 3 is 2.08 bits per heavy atom. The van der Waals surface area contributed by atoms with Gasteiger partial charge in [-0.05, 0) is 72.6 Å². The van der Waals surface area contributed by atoms with Crippen LogP contribution in [0.1, 0.15) is 64.6 Å². The smallest absolute Gasteiger partial charge is 0.253 e. The molecule has 0 aromatic heterocycles. The Kier molecular flexibility index (Phi) is 7.15. The fourth-order valence-corrected chi connectivity index (χ4v) is 6.94. The van der Waals surface area contributed by atoms with Gasteiger partial charge in [0.1, 0.15) is 0 Å². The Labute approximate surface area is 218 Å². The van der Waals surface area contributed by atoms with Gasteiger partial charge in [0.25, 0.3) is 5.91 Å². The van der Waals surface area contributed by atoms with E-state index in [0.29, 0.717) is 29.2 Å². The van der Waals surface area contributed by atoms with E-state index in [0.717, 1.165) is 32.2 Å². The van der Waals surface area contributed by atoms with Gasteiger partial charge < -0.3 is 10.6 Å². The first kappa shape index (κ1) is 25.2. The van der Waals surface area contributed by atoms with Gasteiger partial charge in [-0.3, -0.25) is 9.59 Å². The van der Waals surface area contributed by atoms with Crippen molar-refractivity contribution in [3.8, 4) is 0 Å². The Balaban J connectivity index is 1.30. The van der Waals surface area contributed by atoms with Crippen LogP contribution in [0.25, 0.3) is 0 Å². The third-order valence-electron chi connectivity index (χ3n) is 7.48. The summed E-state index contributed by atoms with van der Waals surface area (Å²) < 4.78 is 25.1. The standard InChI is InChI=1S/C30H32N2O4S/c31-29(33)28(24-14-16-27(17-15-24)37(35,36)20-21-8-9-21)23-10-12-25(13-11-23)30(34)32-18-4-7-26(19-32)22-5-2-1-3-6-22/h1-3,5-6,10-17,21,26,28H,4,7-9,18-20H2,(H2,31,33). The second-order valence-corrected chi connectivity index (χ2v) is 12.3. The monoisotopic (exact) mass is 516 g/mol. The zero-order chi connectivity index (χ0) is 26.0. The number of primary amides is 1. The number of nitrogens with zero attached hydrogens (tertiary/aromatic N) is 1. The van der Waals surface area contributed by atoms with Crippen molar-refractivity contribution in [2.24, 2.45) is 11.7 Å². The molecule has 5 rings (SSSR count). The first-order valence-corrected chi connectivity index (χ1v) is 14.5. The van der Waals surface area contributed by atoms with E-state index in [1.807, 2.05) is 23.1 Å². The number of nitrogens with two attached hydrogens (primary N) is 1. The number of hydrogen-bond acceptors (Lipinski definition) is 4. The summed E-state index contributed by atoms with van der Waals surface area (Å²) in [6, 6.07) is 23.7. The molecule has 3 aromatic rings. The first-order valence-electron chi connectivity index (χ1n) is 12.9. The zero-order valence-corrected chi connectivity index (χ0v) is 21.6. The van der Waals surface area contributed by atoms with Crippen LogP contribution >= 0.6 is 0 Å². The molecule has 3 aromatic carbocycles.